The molecule has 0 aliphatic rings. The second kappa shape index (κ2) is 9.08. The van der Waals surface area contributed by atoms with E-state index in [1.54, 1.807) is 6.07 Å². The Kier molecular flexibility index (Phi) is 7.45. The Bertz CT molecular complexity index is 578. The first-order valence-corrected chi connectivity index (χ1v) is 7.82. The Labute approximate surface area is 137 Å². The van der Waals surface area contributed by atoms with Gasteiger partial charge in [0.2, 0.25) is 0 Å². The molecular weight excluding hydrogens is 294 g/mol. The lowest BCUT2D eigenvalue weighted by Crippen LogP contribution is -2.31. The molecule has 1 aromatic carbocycles. The van der Waals surface area contributed by atoms with Crippen LogP contribution in [0.25, 0.3) is 0 Å². The first-order valence-electron chi connectivity index (χ1n) is 7.82. The van der Waals surface area contributed by atoms with Gasteiger partial charge in [-0.3, -0.25) is 14.4 Å². The summed E-state index contributed by atoms with van der Waals surface area (Å²) >= 11 is 0. The number of amides is 1. The third-order valence-corrected chi connectivity index (χ3v) is 3.46. The van der Waals surface area contributed by atoms with Crippen molar-refractivity contribution in [3.63, 3.8) is 0 Å². The first kappa shape index (κ1) is 18.9. The predicted octanol–water partition coefficient (Wildman–Crippen LogP) is 2.58. The number of Topliss-reactive ketones (excluding diaryl/α,β-unsaturated/α-hetero) is 1. The molecule has 0 spiro atoms. The largest absolute Gasteiger partial charge is 0.456 e. The molecule has 0 aliphatic heterocycles. The molecule has 126 valence electrons. The molecule has 1 aromatic rings. The van der Waals surface area contributed by atoms with Gasteiger partial charge in [-0.25, -0.2) is 0 Å². The van der Waals surface area contributed by atoms with Crippen LogP contribution in [-0.4, -0.2) is 30.8 Å². The third kappa shape index (κ3) is 7.08. The number of rotatable bonds is 8. The molecule has 5 nitrogen and oxygen atoms in total. The summed E-state index contributed by atoms with van der Waals surface area (Å²) in [6.07, 6.45) is 0.0537. The lowest BCUT2D eigenvalue weighted by molar-refractivity contribution is -0.148. The maximum absolute atomic E-state index is 12.0. The van der Waals surface area contributed by atoms with E-state index in [0.29, 0.717) is 18.0 Å². The molecule has 0 fully saturated rings. The van der Waals surface area contributed by atoms with Gasteiger partial charge in [-0.15, -0.1) is 0 Å². The highest BCUT2D eigenvalue weighted by Crippen LogP contribution is 2.12. The first-order chi connectivity index (χ1) is 10.8. The molecule has 1 rings (SSSR count). The van der Waals surface area contributed by atoms with Gasteiger partial charge in [0.15, 0.2) is 12.4 Å². The zero-order chi connectivity index (χ0) is 17.4. The van der Waals surface area contributed by atoms with Crippen molar-refractivity contribution in [2.24, 2.45) is 5.92 Å². The zero-order valence-electron chi connectivity index (χ0n) is 14.3. The van der Waals surface area contributed by atoms with E-state index >= 15 is 0 Å². The van der Waals surface area contributed by atoms with E-state index in [1.807, 2.05) is 39.8 Å². The van der Waals surface area contributed by atoms with Crippen LogP contribution in [0.1, 0.15) is 48.2 Å². The molecule has 0 saturated heterocycles. The molecule has 0 radical (unpaired) electrons. The highest BCUT2D eigenvalue weighted by Gasteiger charge is 2.12. The molecule has 0 aliphatic carbocycles. The summed E-state index contributed by atoms with van der Waals surface area (Å²) in [5, 5.41) is 2.66. The summed E-state index contributed by atoms with van der Waals surface area (Å²) in [6, 6.07) is 5.47. The molecule has 0 unspecified atom stereocenters. The quantitative estimate of drug-likeness (QED) is 0.590. The van der Waals surface area contributed by atoms with Crippen LogP contribution in [0.3, 0.4) is 0 Å². The minimum Gasteiger partial charge on any atom is -0.456 e. The number of benzene rings is 1. The number of aryl methyl sites for hydroxylation is 2. The zero-order valence-corrected chi connectivity index (χ0v) is 14.3. The average Bonchev–Trinajstić information content (AvgIpc) is 2.51. The van der Waals surface area contributed by atoms with Crippen LogP contribution in [0.2, 0.25) is 0 Å². The van der Waals surface area contributed by atoms with Crippen LogP contribution in [-0.2, 0) is 14.3 Å². The van der Waals surface area contributed by atoms with Crippen molar-refractivity contribution in [3.05, 3.63) is 34.9 Å². The number of ketones is 1. The van der Waals surface area contributed by atoms with Crippen molar-refractivity contribution in [1.29, 1.82) is 0 Å². The lowest BCUT2D eigenvalue weighted by Gasteiger charge is -2.08. The molecule has 5 heteroatoms. The molecule has 0 heterocycles. The van der Waals surface area contributed by atoms with E-state index in [9.17, 15) is 14.4 Å². The van der Waals surface area contributed by atoms with Crippen molar-refractivity contribution in [1.82, 2.24) is 5.32 Å². The van der Waals surface area contributed by atoms with Gasteiger partial charge in [0.05, 0.1) is 6.42 Å². The van der Waals surface area contributed by atoms with Gasteiger partial charge in [0, 0.05) is 18.5 Å². The number of carbonyl (C=O) groups is 3. The fourth-order valence-electron chi connectivity index (χ4n) is 1.86. The number of hydrogen-bond acceptors (Lipinski definition) is 4. The number of hydrogen-bond donors (Lipinski definition) is 1. The van der Waals surface area contributed by atoms with Gasteiger partial charge < -0.3 is 10.1 Å². The van der Waals surface area contributed by atoms with E-state index in [-0.39, 0.29) is 31.1 Å². The summed E-state index contributed by atoms with van der Waals surface area (Å²) in [5.41, 5.74) is 2.75. The normalized spacial score (nSPS) is 10.5. The smallest absolute Gasteiger partial charge is 0.306 e. The monoisotopic (exact) mass is 319 g/mol. The van der Waals surface area contributed by atoms with Crippen LogP contribution in [0.15, 0.2) is 18.2 Å². The minimum atomic E-state index is -0.540. The van der Waals surface area contributed by atoms with Gasteiger partial charge in [-0.2, -0.15) is 0 Å². The minimum absolute atomic E-state index is 0.0246. The second-order valence-electron chi connectivity index (χ2n) is 6.08. The van der Waals surface area contributed by atoms with Gasteiger partial charge in [0.1, 0.15) is 0 Å². The third-order valence-electron chi connectivity index (χ3n) is 3.46. The maximum atomic E-state index is 12.0. The predicted molar refractivity (Wildman–Crippen MR) is 88.3 cm³/mol. The van der Waals surface area contributed by atoms with Crippen molar-refractivity contribution < 1.29 is 19.1 Å². The summed E-state index contributed by atoms with van der Waals surface area (Å²) < 4.78 is 4.86. The molecule has 1 N–H and O–H groups in total. The number of ether oxygens (including phenoxy) is 1. The van der Waals surface area contributed by atoms with Gasteiger partial charge in [0.25, 0.3) is 5.91 Å². The molecule has 23 heavy (non-hydrogen) atoms. The van der Waals surface area contributed by atoms with Crippen LogP contribution in [0.4, 0.5) is 0 Å². The van der Waals surface area contributed by atoms with Gasteiger partial charge in [-0.1, -0.05) is 26.0 Å². The summed E-state index contributed by atoms with van der Waals surface area (Å²) in [5.74, 6) is -0.631. The topological polar surface area (TPSA) is 72.5 Å². The highest BCUT2D eigenvalue weighted by molar-refractivity contribution is 5.97. The van der Waals surface area contributed by atoms with E-state index in [1.165, 1.54) is 0 Å². The Morgan fingerprint density at radius 2 is 1.78 bits per heavy atom. The van der Waals surface area contributed by atoms with Crippen LogP contribution in [0.5, 0.6) is 0 Å². The molecule has 0 bridgehead atoms. The maximum Gasteiger partial charge on any atom is 0.306 e. The Hall–Kier alpha value is -2.17. The number of nitrogens with one attached hydrogen (secondary N) is 1. The summed E-state index contributed by atoms with van der Waals surface area (Å²) in [7, 11) is 0. The number of esters is 1. The standard InChI is InChI=1S/C18H25NO4/c1-12(2)10-19-17(21)11-23-18(22)8-7-16(20)15-6-5-13(3)14(4)9-15/h5-6,9,12H,7-8,10-11H2,1-4H3,(H,19,21). The van der Waals surface area contributed by atoms with E-state index in [4.69, 9.17) is 4.74 Å². The molecule has 1 amide bonds. The summed E-state index contributed by atoms with van der Waals surface area (Å²) in [6.45, 7) is 8.11. The fourth-order valence-corrected chi connectivity index (χ4v) is 1.86. The second-order valence-corrected chi connectivity index (χ2v) is 6.08. The molecule has 0 saturated carbocycles. The fraction of sp³-hybridized carbons (Fsp3) is 0.500. The summed E-state index contributed by atoms with van der Waals surface area (Å²) in [4.78, 5) is 35.1. The van der Waals surface area contributed by atoms with Crippen molar-refractivity contribution in [2.75, 3.05) is 13.2 Å². The van der Waals surface area contributed by atoms with Crippen molar-refractivity contribution in [2.45, 2.75) is 40.5 Å². The Balaban J connectivity index is 2.33. The highest BCUT2D eigenvalue weighted by atomic mass is 16.5. The van der Waals surface area contributed by atoms with Gasteiger partial charge in [-0.05, 0) is 37.0 Å². The molecule has 0 atom stereocenters. The average molecular weight is 319 g/mol. The SMILES string of the molecule is Cc1ccc(C(=O)CCC(=O)OCC(=O)NCC(C)C)cc1C. The lowest BCUT2D eigenvalue weighted by atomic mass is 10.0. The van der Waals surface area contributed by atoms with E-state index in [2.05, 4.69) is 5.32 Å². The number of carbonyl (C=O) groups excluding carboxylic acids is 3. The van der Waals surface area contributed by atoms with Crippen molar-refractivity contribution >= 4 is 17.7 Å². The van der Waals surface area contributed by atoms with Crippen LogP contribution < -0.4 is 5.32 Å². The van der Waals surface area contributed by atoms with Crippen LogP contribution in [0, 0.1) is 19.8 Å². The van der Waals surface area contributed by atoms with Gasteiger partial charge >= 0.3 is 5.97 Å². The molecular formula is C18H25NO4. The molecule has 0 aromatic heterocycles. The van der Waals surface area contributed by atoms with Crippen LogP contribution >= 0.6 is 0 Å². The van der Waals surface area contributed by atoms with Crippen molar-refractivity contribution in [3.8, 4) is 0 Å². The van der Waals surface area contributed by atoms with E-state index in [0.717, 1.165) is 11.1 Å². The van der Waals surface area contributed by atoms with E-state index < -0.39 is 5.97 Å². The Morgan fingerprint density at radius 1 is 1.09 bits per heavy atom. The Morgan fingerprint density at radius 3 is 2.39 bits per heavy atom.